The van der Waals surface area contributed by atoms with Crippen LogP contribution in [0.1, 0.15) is 48.9 Å². The Bertz CT molecular complexity index is 730. The van der Waals surface area contributed by atoms with Gasteiger partial charge in [-0.05, 0) is 94.7 Å². The number of benzene rings is 1. The van der Waals surface area contributed by atoms with Crippen molar-refractivity contribution in [2.24, 2.45) is 0 Å². The molecule has 0 radical (unpaired) electrons. The average Bonchev–Trinajstić information content (AvgIpc) is 2.84. The third-order valence-electron chi connectivity index (χ3n) is 7.01. The Morgan fingerprint density at radius 2 is 1.66 bits per heavy atom. The zero-order valence-corrected chi connectivity index (χ0v) is 22.4. The molecule has 6 nitrogen and oxygen atoms in total. The predicted molar refractivity (Wildman–Crippen MR) is 136 cm³/mol. The lowest BCUT2D eigenvalue weighted by atomic mass is 9.99. The minimum Gasteiger partial charge on any atom is -0.480 e. The summed E-state index contributed by atoms with van der Waals surface area (Å²) in [6.07, 6.45) is 1.54. The van der Waals surface area contributed by atoms with Gasteiger partial charge >= 0.3 is 0 Å². The molecular weight excluding hydrogens is 421 g/mol. The van der Waals surface area contributed by atoms with E-state index in [2.05, 4.69) is 54.1 Å². The second-order valence-corrected chi connectivity index (χ2v) is 9.56. The lowest BCUT2D eigenvalue weighted by Gasteiger charge is -2.33. The monoisotopic (exact) mass is 465 g/mol. The number of hydrogen-bond acceptors (Lipinski definition) is 5. The molecule has 1 aromatic rings. The quantitative estimate of drug-likeness (QED) is 0.678. The van der Waals surface area contributed by atoms with Gasteiger partial charge in [0.1, 0.15) is 5.75 Å². The Kier molecular flexibility index (Phi) is 10.9. The molecule has 3 rings (SSSR count). The molecule has 32 heavy (non-hydrogen) atoms. The molecule has 2 heterocycles. The van der Waals surface area contributed by atoms with E-state index in [0.29, 0.717) is 6.04 Å². The predicted octanol–water partition coefficient (Wildman–Crippen LogP) is 2.74. The van der Waals surface area contributed by atoms with Crippen LogP contribution < -0.4 is 15.4 Å². The van der Waals surface area contributed by atoms with Gasteiger partial charge in [0.2, 0.25) is 0 Å². The van der Waals surface area contributed by atoms with Crippen LogP contribution in [-0.4, -0.2) is 80.8 Å². The molecule has 2 unspecified atom stereocenters. The van der Waals surface area contributed by atoms with Crippen molar-refractivity contribution in [2.45, 2.75) is 66.5 Å². The second kappa shape index (κ2) is 12.9. The number of hydrogen-bond donors (Lipinski definition) is 1. The Hall–Kier alpha value is -1.20. The fourth-order valence-corrected chi connectivity index (χ4v) is 4.72. The summed E-state index contributed by atoms with van der Waals surface area (Å²) >= 11 is 0. The highest BCUT2D eigenvalue weighted by atomic mass is 31.0. The molecule has 182 valence electrons. The molecule has 7 heteroatoms. The van der Waals surface area contributed by atoms with E-state index in [1.54, 1.807) is 0 Å². The first-order valence-corrected chi connectivity index (χ1v) is 12.6. The van der Waals surface area contributed by atoms with Gasteiger partial charge in [-0.3, -0.25) is 9.69 Å². The molecule has 2 saturated heterocycles. The third-order valence-corrected chi connectivity index (χ3v) is 7.88. The number of nitrogens with zero attached hydrogens (tertiary/aromatic N) is 2. The van der Waals surface area contributed by atoms with Gasteiger partial charge in [-0.2, -0.15) is 0 Å². The molecule has 1 N–H and O–H groups in total. The molecule has 2 fully saturated rings. The number of ether oxygens (including phenoxy) is 2. The van der Waals surface area contributed by atoms with Crippen molar-refractivity contribution in [3.05, 3.63) is 22.3 Å². The van der Waals surface area contributed by atoms with Crippen LogP contribution in [0.4, 0.5) is 0 Å². The molecule has 1 amide bonds. The molecule has 0 aliphatic carbocycles. The van der Waals surface area contributed by atoms with Crippen LogP contribution in [-0.2, 0) is 9.53 Å². The molecule has 2 atom stereocenters. The summed E-state index contributed by atoms with van der Waals surface area (Å²) in [5.41, 5.74) is 4.66. The van der Waals surface area contributed by atoms with Gasteiger partial charge in [-0.1, -0.05) is 6.92 Å². The summed E-state index contributed by atoms with van der Waals surface area (Å²) < 4.78 is 11.3. The second-order valence-electron chi connectivity index (χ2n) is 8.98. The van der Waals surface area contributed by atoms with Crippen LogP contribution in [0.5, 0.6) is 5.75 Å². The van der Waals surface area contributed by atoms with Crippen LogP contribution in [0.2, 0.25) is 0 Å². The summed E-state index contributed by atoms with van der Waals surface area (Å²) in [6.45, 7) is 19.6. The largest absolute Gasteiger partial charge is 0.480 e. The van der Waals surface area contributed by atoms with Crippen molar-refractivity contribution in [3.8, 4) is 5.75 Å². The van der Waals surface area contributed by atoms with Crippen molar-refractivity contribution in [1.29, 1.82) is 0 Å². The highest BCUT2D eigenvalue weighted by molar-refractivity contribution is 7.27. The zero-order valence-electron chi connectivity index (χ0n) is 21.2. The number of likely N-dealkylation sites (N-methyl/N-ethyl adjacent to an activating group) is 2. The molecule has 2 aliphatic heterocycles. The summed E-state index contributed by atoms with van der Waals surface area (Å²) in [6, 6.07) is 0.310. The topological polar surface area (TPSA) is 54.0 Å². The van der Waals surface area contributed by atoms with E-state index in [0.717, 1.165) is 69.1 Å². The van der Waals surface area contributed by atoms with E-state index in [1.165, 1.54) is 23.0 Å². The maximum Gasteiger partial charge on any atom is 0.263 e. The van der Waals surface area contributed by atoms with Crippen LogP contribution in [0.25, 0.3) is 0 Å². The highest BCUT2D eigenvalue weighted by Crippen LogP contribution is 2.30. The normalized spacial score (nSPS) is 18.5. The lowest BCUT2D eigenvalue weighted by Crippen LogP contribution is -2.48. The Balaban J connectivity index is 0.000000380. The van der Waals surface area contributed by atoms with E-state index < -0.39 is 6.10 Å². The van der Waals surface area contributed by atoms with Crippen molar-refractivity contribution in [2.75, 3.05) is 53.0 Å². The molecule has 1 aromatic carbocycles. The average molecular weight is 466 g/mol. The van der Waals surface area contributed by atoms with E-state index >= 15 is 0 Å². The number of nitrogens with one attached hydrogen (secondary N) is 1. The van der Waals surface area contributed by atoms with E-state index in [1.807, 2.05) is 18.9 Å². The van der Waals surface area contributed by atoms with Crippen LogP contribution in [0.3, 0.4) is 0 Å². The first-order valence-electron chi connectivity index (χ1n) is 12.0. The van der Waals surface area contributed by atoms with Gasteiger partial charge < -0.3 is 19.7 Å². The SMILES string of the molecule is CCN1CCOCC1.Cc1c(C)c(OC(C)C(=O)N(C)C2CCNCC2)c(C)c(C)c1P. The van der Waals surface area contributed by atoms with Gasteiger partial charge in [0.25, 0.3) is 5.91 Å². The first kappa shape index (κ1) is 27.0. The zero-order chi connectivity index (χ0) is 23.8. The lowest BCUT2D eigenvalue weighted by molar-refractivity contribution is -0.139. The molecule has 0 bridgehead atoms. The van der Waals surface area contributed by atoms with Crippen LogP contribution >= 0.6 is 9.24 Å². The summed E-state index contributed by atoms with van der Waals surface area (Å²) in [5, 5.41) is 4.56. The summed E-state index contributed by atoms with van der Waals surface area (Å²) in [4.78, 5) is 17.0. The smallest absolute Gasteiger partial charge is 0.263 e. The van der Waals surface area contributed by atoms with Gasteiger partial charge in [0, 0.05) is 26.2 Å². The van der Waals surface area contributed by atoms with Crippen molar-refractivity contribution in [3.63, 3.8) is 0 Å². The van der Waals surface area contributed by atoms with Gasteiger partial charge in [0.15, 0.2) is 6.10 Å². The number of piperidine rings is 1. The maximum atomic E-state index is 12.8. The first-order chi connectivity index (χ1) is 15.2. The molecule has 0 saturated carbocycles. The van der Waals surface area contributed by atoms with Gasteiger partial charge in [-0.25, -0.2) is 0 Å². The standard InChI is InChI=1S/C19H31N2O2P.C6H13NO/c1-11-13(3)18(24)14(4)12(2)17(11)23-15(5)19(22)21(6)16-7-9-20-10-8-16;1-2-7-3-5-8-6-4-7/h15-16,20H,7-10,24H2,1-6H3;2-6H2,1H3. The van der Waals surface area contributed by atoms with E-state index in [4.69, 9.17) is 9.47 Å². The third kappa shape index (κ3) is 6.90. The van der Waals surface area contributed by atoms with Crippen molar-refractivity contribution < 1.29 is 14.3 Å². The minimum absolute atomic E-state index is 0.0611. The van der Waals surface area contributed by atoms with Gasteiger partial charge in [0.05, 0.1) is 13.2 Å². The van der Waals surface area contributed by atoms with Gasteiger partial charge in [-0.15, -0.1) is 9.24 Å². The number of amides is 1. The number of carbonyl (C=O) groups is 1. The summed E-state index contributed by atoms with van der Waals surface area (Å²) in [7, 11) is 4.72. The van der Waals surface area contributed by atoms with Crippen LogP contribution in [0, 0.1) is 27.7 Å². The fraction of sp³-hybridized carbons (Fsp3) is 0.720. The van der Waals surface area contributed by atoms with Crippen molar-refractivity contribution in [1.82, 2.24) is 15.1 Å². The fourth-order valence-electron chi connectivity index (χ4n) is 4.29. The Morgan fingerprint density at radius 3 is 2.12 bits per heavy atom. The Labute approximate surface area is 197 Å². The van der Waals surface area contributed by atoms with Crippen LogP contribution in [0.15, 0.2) is 0 Å². The van der Waals surface area contributed by atoms with E-state index in [9.17, 15) is 4.79 Å². The molecule has 0 spiro atoms. The Morgan fingerprint density at radius 1 is 1.12 bits per heavy atom. The summed E-state index contributed by atoms with van der Waals surface area (Å²) in [5.74, 6) is 0.918. The minimum atomic E-state index is -0.476. The number of carbonyl (C=O) groups excluding carboxylic acids is 1. The molecule has 0 aromatic heterocycles. The van der Waals surface area contributed by atoms with Crippen molar-refractivity contribution >= 4 is 20.5 Å². The highest BCUT2D eigenvalue weighted by Gasteiger charge is 2.27. The molecular formula is C25H44N3O3P. The number of morpholine rings is 1. The molecule has 2 aliphatic rings. The van der Waals surface area contributed by atoms with E-state index in [-0.39, 0.29) is 5.91 Å². The number of rotatable bonds is 5. The maximum absolute atomic E-state index is 12.8.